The van der Waals surface area contributed by atoms with Crippen LogP contribution in [0.5, 0.6) is 0 Å². The number of nitrogens with zero attached hydrogens (tertiary/aromatic N) is 2. The molecule has 2 N–H and O–H groups in total. The van der Waals surface area contributed by atoms with E-state index in [1.807, 2.05) is 38.4 Å². The Labute approximate surface area is 151 Å². The minimum Gasteiger partial charge on any atom is -0.360 e. The summed E-state index contributed by atoms with van der Waals surface area (Å²) in [6.07, 6.45) is 0. The maximum Gasteiger partial charge on any atom is 0.235 e. The molecule has 0 bridgehead atoms. The summed E-state index contributed by atoms with van der Waals surface area (Å²) in [7, 11) is 3.99. The fourth-order valence-corrected chi connectivity index (χ4v) is 2.77. The lowest BCUT2D eigenvalue weighted by Gasteiger charge is -2.11. The van der Waals surface area contributed by atoms with Crippen LogP contribution >= 0.6 is 11.8 Å². The fraction of sp³-hybridized carbons (Fsp3) is 0.353. The molecule has 1 aromatic heterocycles. The monoisotopic (exact) mass is 362 g/mol. The number of hydrogen-bond donors (Lipinski definition) is 2. The molecule has 0 aliphatic carbocycles. The largest absolute Gasteiger partial charge is 0.360 e. The first-order valence-corrected chi connectivity index (χ1v) is 8.92. The van der Waals surface area contributed by atoms with Crippen molar-refractivity contribution in [1.82, 2.24) is 10.1 Å². The molecule has 1 heterocycles. The van der Waals surface area contributed by atoms with Gasteiger partial charge in [0.2, 0.25) is 11.8 Å². The minimum atomic E-state index is -0.223. The Morgan fingerprint density at radius 3 is 2.52 bits per heavy atom. The van der Waals surface area contributed by atoms with E-state index in [2.05, 4.69) is 20.7 Å². The zero-order chi connectivity index (χ0) is 18.2. The molecule has 0 unspecified atom stereocenters. The molecule has 134 valence electrons. The molecule has 1 aromatic carbocycles. The second-order valence-electron chi connectivity index (χ2n) is 5.85. The number of rotatable bonds is 8. The van der Waals surface area contributed by atoms with Crippen LogP contribution in [0.3, 0.4) is 0 Å². The van der Waals surface area contributed by atoms with Crippen LogP contribution in [0.15, 0.2) is 34.9 Å². The van der Waals surface area contributed by atoms with Crippen molar-refractivity contribution in [2.75, 3.05) is 36.2 Å². The molecule has 0 aliphatic rings. The lowest BCUT2D eigenvalue weighted by Crippen LogP contribution is -2.18. The Kier molecular flexibility index (Phi) is 7.03. The number of hydrogen-bond acceptors (Lipinski definition) is 6. The molecule has 7 nitrogen and oxygen atoms in total. The highest BCUT2D eigenvalue weighted by Crippen LogP contribution is 2.13. The lowest BCUT2D eigenvalue weighted by atomic mass is 10.2. The molecule has 25 heavy (non-hydrogen) atoms. The van der Waals surface area contributed by atoms with Crippen LogP contribution < -0.4 is 10.6 Å². The molecule has 2 aromatic rings. The van der Waals surface area contributed by atoms with Gasteiger partial charge in [0, 0.05) is 18.3 Å². The maximum absolute atomic E-state index is 12.0. The third-order valence-corrected chi connectivity index (χ3v) is 4.00. The molecule has 0 atom stereocenters. The van der Waals surface area contributed by atoms with Crippen LogP contribution in [-0.2, 0) is 16.1 Å². The molecule has 0 saturated heterocycles. The van der Waals surface area contributed by atoms with Gasteiger partial charge in [-0.15, -0.1) is 11.8 Å². The number of benzene rings is 1. The van der Waals surface area contributed by atoms with Gasteiger partial charge in [0.05, 0.1) is 11.5 Å². The Hall–Kier alpha value is -2.32. The maximum atomic E-state index is 12.0. The number of anilines is 2. The number of amides is 2. The van der Waals surface area contributed by atoms with E-state index >= 15 is 0 Å². The van der Waals surface area contributed by atoms with Crippen molar-refractivity contribution in [2.24, 2.45) is 0 Å². The second-order valence-corrected chi connectivity index (χ2v) is 6.84. The van der Waals surface area contributed by atoms with Crippen LogP contribution in [0.4, 0.5) is 11.5 Å². The fourth-order valence-electron chi connectivity index (χ4n) is 2.15. The zero-order valence-electron chi connectivity index (χ0n) is 14.5. The van der Waals surface area contributed by atoms with E-state index in [0.29, 0.717) is 11.6 Å². The second kappa shape index (κ2) is 9.24. The zero-order valence-corrected chi connectivity index (χ0v) is 15.4. The average molecular weight is 362 g/mol. The summed E-state index contributed by atoms with van der Waals surface area (Å²) in [6, 6.07) is 9.36. The first kappa shape index (κ1) is 19.0. The predicted octanol–water partition coefficient (Wildman–Crippen LogP) is 2.36. The third-order valence-electron chi connectivity index (χ3n) is 3.07. The summed E-state index contributed by atoms with van der Waals surface area (Å²) in [6.45, 7) is 2.55. The van der Waals surface area contributed by atoms with Crippen LogP contribution in [0.1, 0.15) is 11.3 Å². The van der Waals surface area contributed by atoms with E-state index in [0.717, 1.165) is 17.8 Å². The van der Waals surface area contributed by atoms with Crippen molar-refractivity contribution in [3.63, 3.8) is 0 Å². The van der Waals surface area contributed by atoms with Crippen LogP contribution in [0.2, 0.25) is 0 Å². The van der Waals surface area contributed by atoms with Crippen molar-refractivity contribution in [2.45, 2.75) is 13.5 Å². The number of aromatic nitrogens is 1. The summed E-state index contributed by atoms with van der Waals surface area (Å²) in [4.78, 5) is 25.8. The smallest absolute Gasteiger partial charge is 0.235 e. The molecule has 8 heteroatoms. The molecule has 2 rings (SSSR count). The number of carbonyl (C=O) groups excluding carboxylic acids is 2. The Morgan fingerprint density at radius 2 is 1.88 bits per heavy atom. The molecular formula is C17H22N4O3S. The van der Waals surface area contributed by atoms with Crippen LogP contribution in [0.25, 0.3) is 0 Å². The van der Waals surface area contributed by atoms with Crippen LogP contribution in [-0.4, -0.2) is 47.5 Å². The summed E-state index contributed by atoms with van der Waals surface area (Å²) in [5.74, 6) is 1.00. The number of nitrogens with one attached hydrogen (secondary N) is 2. The van der Waals surface area contributed by atoms with E-state index in [4.69, 9.17) is 4.52 Å². The van der Waals surface area contributed by atoms with Gasteiger partial charge in [-0.2, -0.15) is 0 Å². The van der Waals surface area contributed by atoms with E-state index in [9.17, 15) is 9.59 Å². The van der Waals surface area contributed by atoms with E-state index in [-0.39, 0.29) is 23.3 Å². The Balaban J connectivity index is 1.72. The molecule has 0 aliphatic heterocycles. The van der Waals surface area contributed by atoms with Gasteiger partial charge in [0.1, 0.15) is 5.76 Å². The normalized spacial score (nSPS) is 10.7. The first-order valence-electron chi connectivity index (χ1n) is 7.77. The summed E-state index contributed by atoms with van der Waals surface area (Å²) in [5, 5.41) is 9.14. The average Bonchev–Trinajstić information content (AvgIpc) is 2.91. The van der Waals surface area contributed by atoms with Gasteiger partial charge < -0.3 is 20.1 Å². The standard InChI is InChI=1S/C17H22N4O3S/c1-12-7-15(20-24-12)19-17(23)11-25-10-16(22)18-14-6-4-5-13(8-14)9-21(2)3/h4-8H,9-11H2,1-3H3,(H,18,22)(H,19,20,23). The minimum absolute atomic E-state index is 0.142. The van der Waals surface area contributed by atoms with Gasteiger partial charge in [-0.25, -0.2) is 0 Å². The van der Waals surface area contributed by atoms with Crippen LogP contribution in [0, 0.1) is 6.92 Å². The third kappa shape index (κ3) is 6.98. The predicted molar refractivity (Wildman–Crippen MR) is 99.7 cm³/mol. The highest BCUT2D eigenvalue weighted by atomic mass is 32.2. The molecule has 2 amide bonds. The highest BCUT2D eigenvalue weighted by Gasteiger charge is 2.09. The molecule has 0 spiro atoms. The molecule has 0 fully saturated rings. The molecular weight excluding hydrogens is 340 g/mol. The van der Waals surface area contributed by atoms with E-state index in [1.165, 1.54) is 11.8 Å². The Bertz CT molecular complexity index is 730. The summed E-state index contributed by atoms with van der Waals surface area (Å²) in [5.41, 5.74) is 1.88. The van der Waals surface area contributed by atoms with E-state index < -0.39 is 0 Å². The number of thioether (sulfide) groups is 1. The molecule has 0 saturated carbocycles. The highest BCUT2D eigenvalue weighted by molar-refractivity contribution is 8.00. The van der Waals surface area contributed by atoms with Crippen molar-refractivity contribution < 1.29 is 14.1 Å². The topological polar surface area (TPSA) is 87.5 Å². The molecule has 0 radical (unpaired) electrons. The number of aryl methyl sites for hydroxylation is 1. The summed E-state index contributed by atoms with van der Waals surface area (Å²) < 4.78 is 4.87. The Morgan fingerprint density at radius 1 is 1.16 bits per heavy atom. The van der Waals surface area contributed by atoms with Crippen molar-refractivity contribution >= 4 is 35.1 Å². The number of carbonyl (C=O) groups is 2. The summed E-state index contributed by atoms with van der Waals surface area (Å²) >= 11 is 1.24. The van der Waals surface area contributed by atoms with Gasteiger partial charge >= 0.3 is 0 Å². The SMILES string of the molecule is Cc1cc(NC(=O)CSCC(=O)Nc2cccc(CN(C)C)c2)no1. The van der Waals surface area contributed by atoms with Gasteiger partial charge in [-0.1, -0.05) is 17.3 Å². The van der Waals surface area contributed by atoms with E-state index in [1.54, 1.807) is 13.0 Å². The van der Waals surface area contributed by atoms with Gasteiger partial charge in [0.15, 0.2) is 5.82 Å². The van der Waals surface area contributed by atoms with Crippen molar-refractivity contribution in [3.8, 4) is 0 Å². The van der Waals surface area contributed by atoms with Crippen molar-refractivity contribution in [3.05, 3.63) is 41.7 Å². The lowest BCUT2D eigenvalue weighted by molar-refractivity contribution is -0.114. The van der Waals surface area contributed by atoms with Gasteiger partial charge in [-0.05, 0) is 38.7 Å². The quantitative estimate of drug-likeness (QED) is 0.750. The van der Waals surface area contributed by atoms with Gasteiger partial charge in [-0.3, -0.25) is 9.59 Å². The first-order chi connectivity index (χ1) is 11.9. The van der Waals surface area contributed by atoms with Crippen molar-refractivity contribution in [1.29, 1.82) is 0 Å². The van der Waals surface area contributed by atoms with Gasteiger partial charge in [0.25, 0.3) is 0 Å².